The summed E-state index contributed by atoms with van der Waals surface area (Å²) in [7, 11) is 0. The normalized spacial score (nSPS) is 20.2. The Balaban J connectivity index is 2.47. The third-order valence-corrected chi connectivity index (χ3v) is 4.30. The molecule has 2 rings (SSSR count). The van der Waals surface area contributed by atoms with Gasteiger partial charge in [0, 0.05) is 18.3 Å². The average molecular weight is 274 g/mol. The maximum Gasteiger partial charge on any atom is 0.234 e. The number of nitrogens with zero attached hydrogens (tertiary/aromatic N) is 1. The largest absolute Gasteiger partial charge is 0.324 e. The number of hydrogen-bond donors (Lipinski definition) is 1. The van der Waals surface area contributed by atoms with Crippen LogP contribution in [0.5, 0.6) is 0 Å². The van der Waals surface area contributed by atoms with Gasteiger partial charge < -0.3 is 10.6 Å². The van der Waals surface area contributed by atoms with Crippen molar-refractivity contribution in [3.8, 4) is 0 Å². The highest BCUT2D eigenvalue weighted by molar-refractivity contribution is 6.04. The Bertz CT molecular complexity index is 516. The lowest BCUT2D eigenvalue weighted by atomic mass is 9.82. The fourth-order valence-electron chi connectivity index (χ4n) is 2.95. The van der Waals surface area contributed by atoms with Crippen molar-refractivity contribution in [2.45, 2.75) is 53.0 Å². The number of nitrogens with two attached hydrogens (primary N) is 1. The Morgan fingerprint density at radius 2 is 1.95 bits per heavy atom. The lowest BCUT2D eigenvalue weighted by Crippen LogP contribution is -2.28. The minimum Gasteiger partial charge on any atom is -0.324 e. The van der Waals surface area contributed by atoms with Crippen molar-refractivity contribution in [3.63, 3.8) is 0 Å². The van der Waals surface area contributed by atoms with Crippen molar-refractivity contribution in [2.24, 2.45) is 11.1 Å². The molecule has 1 aromatic carbocycles. The highest BCUT2D eigenvalue weighted by Crippen LogP contribution is 2.41. The van der Waals surface area contributed by atoms with E-state index in [0.29, 0.717) is 0 Å². The van der Waals surface area contributed by atoms with Gasteiger partial charge in [-0.3, -0.25) is 4.79 Å². The van der Waals surface area contributed by atoms with Crippen molar-refractivity contribution in [2.75, 3.05) is 11.4 Å². The van der Waals surface area contributed by atoms with Crippen LogP contribution >= 0.6 is 0 Å². The Morgan fingerprint density at radius 1 is 1.30 bits per heavy atom. The zero-order valence-electron chi connectivity index (χ0n) is 13.2. The Labute approximate surface area is 122 Å². The molecule has 0 bridgehead atoms. The number of benzene rings is 1. The topological polar surface area (TPSA) is 46.3 Å². The van der Waals surface area contributed by atoms with E-state index in [1.807, 2.05) is 11.8 Å². The summed E-state index contributed by atoms with van der Waals surface area (Å²) in [6.07, 6.45) is 0.844. The maximum atomic E-state index is 12.4. The van der Waals surface area contributed by atoms with E-state index in [1.165, 1.54) is 0 Å². The van der Waals surface area contributed by atoms with Crippen LogP contribution in [-0.4, -0.2) is 12.5 Å². The second-order valence-corrected chi connectivity index (χ2v) is 6.71. The lowest BCUT2D eigenvalue weighted by Gasteiger charge is -2.28. The molecule has 0 radical (unpaired) electrons. The van der Waals surface area contributed by atoms with Gasteiger partial charge in [0.05, 0.1) is 5.92 Å². The second kappa shape index (κ2) is 5.21. The van der Waals surface area contributed by atoms with Crippen molar-refractivity contribution in [1.29, 1.82) is 0 Å². The molecular weight excluding hydrogens is 248 g/mol. The average Bonchev–Trinajstić information content (AvgIpc) is 2.66. The molecule has 2 atom stereocenters. The molecule has 1 aliphatic rings. The van der Waals surface area contributed by atoms with Gasteiger partial charge in [-0.2, -0.15) is 0 Å². The molecule has 0 saturated carbocycles. The fraction of sp³-hybridized carbons (Fsp3) is 0.588. The van der Waals surface area contributed by atoms with E-state index in [1.54, 1.807) is 0 Å². The second-order valence-electron chi connectivity index (χ2n) is 6.71. The SMILES string of the molecule is CCC1C(=O)N(CC)c2ccc(C(N)C(C)(C)C)cc21. The molecule has 0 aliphatic carbocycles. The van der Waals surface area contributed by atoms with E-state index in [-0.39, 0.29) is 23.3 Å². The van der Waals surface area contributed by atoms with E-state index < -0.39 is 0 Å². The minimum atomic E-state index is -0.0175. The quantitative estimate of drug-likeness (QED) is 0.915. The first-order valence-electron chi connectivity index (χ1n) is 7.52. The monoisotopic (exact) mass is 274 g/mol. The van der Waals surface area contributed by atoms with E-state index in [9.17, 15) is 4.79 Å². The number of anilines is 1. The van der Waals surface area contributed by atoms with Crippen molar-refractivity contribution in [3.05, 3.63) is 29.3 Å². The summed E-state index contributed by atoms with van der Waals surface area (Å²) in [5.41, 5.74) is 9.71. The summed E-state index contributed by atoms with van der Waals surface area (Å²) in [6, 6.07) is 6.26. The molecule has 2 N–H and O–H groups in total. The smallest absolute Gasteiger partial charge is 0.234 e. The Kier molecular flexibility index (Phi) is 3.92. The number of carbonyl (C=O) groups is 1. The van der Waals surface area contributed by atoms with Crippen molar-refractivity contribution < 1.29 is 4.79 Å². The molecule has 0 aromatic heterocycles. The molecule has 0 spiro atoms. The molecule has 110 valence electrons. The van der Waals surface area contributed by atoms with Gasteiger partial charge in [-0.25, -0.2) is 0 Å². The predicted octanol–water partition coefficient (Wildman–Crippen LogP) is 3.59. The number of likely N-dealkylation sites (N-methyl/N-ethyl adjacent to an activating group) is 1. The fourth-order valence-corrected chi connectivity index (χ4v) is 2.95. The lowest BCUT2D eigenvalue weighted by molar-refractivity contribution is -0.119. The zero-order chi connectivity index (χ0) is 15.1. The number of amides is 1. The van der Waals surface area contributed by atoms with Crippen LogP contribution in [-0.2, 0) is 4.79 Å². The number of rotatable bonds is 3. The molecule has 3 nitrogen and oxygen atoms in total. The first-order valence-corrected chi connectivity index (χ1v) is 7.52. The van der Waals surface area contributed by atoms with Crippen LogP contribution in [0.15, 0.2) is 18.2 Å². The molecule has 1 aromatic rings. The summed E-state index contributed by atoms with van der Waals surface area (Å²) in [6.45, 7) is 11.3. The molecule has 1 aliphatic heterocycles. The summed E-state index contributed by atoms with van der Waals surface area (Å²) >= 11 is 0. The molecule has 1 amide bonds. The molecule has 0 fully saturated rings. The van der Waals surface area contributed by atoms with E-state index >= 15 is 0 Å². The van der Waals surface area contributed by atoms with Crippen LogP contribution in [0.25, 0.3) is 0 Å². The van der Waals surface area contributed by atoms with Crippen LogP contribution in [0.4, 0.5) is 5.69 Å². The summed E-state index contributed by atoms with van der Waals surface area (Å²) in [5, 5.41) is 0. The minimum absolute atomic E-state index is 0.00271. The predicted molar refractivity (Wildman–Crippen MR) is 83.9 cm³/mol. The van der Waals surface area contributed by atoms with Gasteiger partial charge in [0.1, 0.15) is 0 Å². The molecule has 3 heteroatoms. The van der Waals surface area contributed by atoms with Crippen LogP contribution in [0.2, 0.25) is 0 Å². The highest BCUT2D eigenvalue weighted by Gasteiger charge is 2.36. The van der Waals surface area contributed by atoms with Gasteiger partial charge in [-0.05, 0) is 36.0 Å². The molecule has 1 heterocycles. The summed E-state index contributed by atoms with van der Waals surface area (Å²) < 4.78 is 0. The molecule has 20 heavy (non-hydrogen) atoms. The van der Waals surface area contributed by atoms with Crippen LogP contribution in [0, 0.1) is 5.41 Å². The molecule has 2 unspecified atom stereocenters. The van der Waals surface area contributed by atoms with Crippen molar-refractivity contribution in [1.82, 2.24) is 0 Å². The van der Waals surface area contributed by atoms with Crippen molar-refractivity contribution >= 4 is 11.6 Å². The Hall–Kier alpha value is -1.35. The van der Waals surface area contributed by atoms with Crippen LogP contribution < -0.4 is 10.6 Å². The van der Waals surface area contributed by atoms with Gasteiger partial charge in [-0.1, -0.05) is 39.8 Å². The standard InChI is InChI=1S/C17H26N2O/c1-6-12-13-10-11(15(18)17(3,4)5)8-9-14(13)19(7-2)16(12)20/h8-10,12,15H,6-7,18H2,1-5H3. The first-order chi connectivity index (χ1) is 9.31. The number of hydrogen-bond acceptors (Lipinski definition) is 2. The highest BCUT2D eigenvalue weighted by atomic mass is 16.2. The summed E-state index contributed by atoms with van der Waals surface area (Å²) in [4.78, 5) is 14.3. The van der Waals surface area contributed by atoms with Gasteiger partial charge >= 0.3 is 0 Å². The number of fused-ring (bicyclic) bond motifs is 1. The first kappa shape index (κ1) is 15.0. The van der Waals surface area contributed by atoms with E-state index in [2.05, 4.69) is 45.9 Å². The third kappa shape index (κ3) is 2.35. The summed E-state index contributed by atoms with van der Waals surface area (Å²) in [5.74, 6) is 0.226. The molecule has 0 saturated heterocycles. The molecular formula is C17H26N2O. The maximum absolute atomic E-state index is 12.4. The van der Waals surface area contributed by atoms with Gasteiger partial charge in [0.15, 0.2) is 0 Å². The van der Waals surface area contributed by atoms with Gasteiger partial charge in [-0.15, -0.1) is 0 Å². The van der Waals surface area contributed by atoms with Gasteiger partial charge in [0.25, 0.3) is 0 Å². The van der Waals surface area contributed by atoms with Crippen LogP contribution in [0.3, 0.4) is 0 Å². The van der Waals surface area contributed by atoms with Gasteiger partial charge in [0.2, 0.25) is 5.91 Å². The Morgan fingerprint density at radius 3 is 2.45 bits per heavy atom. The third-order valence-electron chi connectivity index (χ3n) is 4.30. The van der Waals surface area contributed by atoms with E-state index in [4.69, 9.17) is 5.73 Å². The van der Waals surface area contributed by atoms with E-state index in [0.717, 1.165) is 29.8 Å². The van der Waals surface area contributed by atoms with Crippen LogP contribution in [0.1, 0.15) is 64.1 Å². The zero-order valence-corrected chi connectivity index (χ0v) is 13.2. The number of carbonyl (C=O) groups excluding carboxylic acids is 1.